The third-order valence-electron chi connectivity index (χ3n) is 3.71. The Morgan fingerprint density at radius 3 is 2.17 bits per heavy atom. The lowest BCUT2D eigenvalue weighted by Gasteiger charge is -2.27. The second-order valence-electron chi connectivity index (χ2n) is 8.85. The van der Waals surface area contributed by atoms with Crippen molar-refractivity contribution in [3.8, 4) is 0 Å². The first-order valence-electron chi connectivity index (χ1n) is 9.95. The molecule has 0 aliphatic carbocycles. The molecule has 0 saturated carbocycles. The lowest BCUT2D eigenvalue weighted by Crippen LogP contribution is -2.54. The van der Waals surface area contributed by atoms with Crippen LogP contribution in [0.3, 0.4) is 0 Å². The fourth-order valence-corrected chi connectivity index (χ4v) is 2.55. The highest BCUT2D eigenvalue weighted by atomic mass is 16.6. The van der Waals surface area contributed by atoms with E-state index in [0.717, 1.165) is 6.21 Å². The second kappa shape index (κ2) is 12.9. The predicted octanol–water partition coefficient (Wildman–Crippen LogP) is 0.565. The molecule has 0 aromatic rings. The van der Waals surface area contributed by atoms with Crippen molar-refractivity contribution in [1.82, 2.24) is 15.5 Å². The Balaban J connectivity index is 5.40. The van der Waals surface area contributed by atoms with Crippen molar-refractivity contribution < 1.29 is 28.7 Å². The Bertz CT molecular complexity index is 663. The number of likely N-dealkylation sites (N-methyl/N-ethyl adjacent to an activating group) is 1. The average molecular weight is 427 g/mol. The maximum Gasteiger partial charge on any atom is 0.372 e. The van der Waals surface area contributed by atoms with Crippen LogP contribution < -0.4 is 10.6 Å². The first-order valence-corrected chi connectivity index (χ1v) is 9.95. The molecule has 0 fully saturated rings. The van der Waals surface area contributed by atoms with Crippen molar-refractivity contribution in [3.05, 3.63) is 0 Å². The summed E-state index contributed by atoms with van der Waals surface area (Å²) in [6, 6.07) is -1.90. The van der Waals surface area contributed by atoms with Gasteiger partial charge in [0.25, 0.3) is 0 Å². The summed E-state index contributed by atoms with van der Waals surface area (Å²) in [7, 11) is 3.49. The smallest absolute Gasteiger partial charge is 0.372 e. The zero-order valence-electron chi connectivity index (χ0n) is 19.1. The van der Waals surface area contributed by atoms with Crippen LogP contribution in [0.4, 0.5) is 0 Å². The van der Waals surface area contributed by atoms with E-state index in [-0.39, 0.29) is 31.2 Å². The Labute approximate surface area is 178 Å². The van der Waals surface area contributed by atoms with E-state index in [4.69, 9.17) is 10.3 Å². The number of nitrogens with one attached hydrogen (secondary N) is 3. The van der Waals surface area contributed by atoms with Gasteiger partial charge in [0.15, 0.2) is 0 Å². The molecule has 10 heteroatoms. The Morgan fingerprint density at radius 1 is 1.10 bits per heavy atom. The van der Waals surface area contributed by atoms with Crippen LogP contribution in [0.15, 0.2) is 0 Å². The van der Waals surface area contributed by atoms with Gasteiger partial charge >= 0.3 is 12.2 Å². The van der Waals surface area contributed by atoms with Crippen LogP contribution in [0.5, 0.6) is 0 Å². The van der Waals surface area contributed by atoms with Crippen molar-refractivity contribution >= 4 is 29.8 Å². The van der Waals surface area contributed by atoms with Gasteiger partial charge in [-0.2, -0.15) is 0 Å². The Hall–Kier alpha value is -2.58. The van der Waals surface area contributed by atoms with E-state index in [2.05, 4.69) is 15.4 Å². The zero-order chi connectivity index (χ0) is 23.5. The number of carbonyl (C=O) groups excluding carboxylic acids is 4. The molecule has 2 atom stereocenters. The highest BCUT2D eigenvalue weighted by molar-refractivity contribution is 6.25. The monoisotopic (exact) mass is 426 g/mol. The van der Waals surface area contributed by atoms with E-state index in [9.17, 15) is 19.2 Å². The van der Waals surface area contributed by atoms with E-state index in [0.29, 0.717) is 6.42 Å². The van der Waals surface area contributed by atoms with Crippen LogP contribution in [-0.2, 0) is 23.9 Å². The number of ether oxygens (including phenoxy) is 1. The first-order chi connectivity index (χ1) is 13.7. The number of nitrogens with zero attached hydrogens (tertiary/aromatic N) is 2. The molecule has 0 rings (SSSR count). The lowest BCUT2D eigenvalue weighted by atomic mass is 10.0. The molecule has 0 aliphatic rings. The van der Waals surface area contributed by atoms with Crippen LogP contribution in [0, 0.1) is 11.4 Å². The van der Waals surface area contributed by atoms with Gasteiger partial charge in [-0.1, -0.05) is 13.8 Å². The topological polar surface area (TPSA) is 143 Å². The minimum Gasteiger partial charge on any atom is -0.458 e. The minimum atomic E-state index is -1.07. The third kappa shape index (κ3) is 12.8. The van der Waals surface area contributed by atoms with E-state index < -0.39 is 35.3 Å². The standard InChI is InChI=1S/C20H35N5O5/c1-13(2)10-16(23-17(27)12-25(6)7)18(28)24-15(9-8-14(26)11-22-21)19(29)30-20(3,4)5/h11,13,15-16,21H,8-10,12H2,1-7H3,(H-,23,24,27,28)/p+1/t15-,16-/m0/s1. The molecule has 0 heterocycles. The van der Waals surface area contributed by atoms with E-state index in [1.165, 1.54) is 0 Å². The van der Waals surface area contributed by atoms with Crippen LogP contribution >= 0.6 is 0 Å². The molecule has 0 aromatic heterocycles. The molecule has 10 nitrogen and oxygen atoms in total. The summed E-state index contributed by atoms with van der Waals surface area (Å²) >= 11 is 0. The molecular weight excluding hydrogens is 390 g/mol. The zero-order valence-corrected chi connectivity index (χ0v) is 19.1. The number of esters is 1. The fraction of sp³-hybridized carbons (Fsp3) is 0.750. The number of Topliss-reactive ketones (excluding diaryl/α,β-unsaturated/α-hetero) is 1. The number of amides is 2. The fourth-order valence-electron chi connectivity index (χ4n) is 2.55. The van der Waals surface area contributed by atoms with Crippen LogP contribution in [0.2, 0.25) is 0 Å². The molecule has 30 heavy (non-hydrogen) atoms. The third-order valence-corrected chi connectivity index (χ3v) is 3.71. The molecule has 0 unspecified atom stereocenters. The van der Waals surface area contributed by atoms with E-state index in [1.807, 2.05) is 13.8 Å². The van der Waals surface area contributed by atoms with Crippen molar-refractivity contribution in [1.29, 1.82) is 5.53 Å². The van der Waals surface area contributed by atoms with Crippen LogP contribution in [0.25, 0.3) is 0 Å². The highest BCUT2D eigenvalue weighted by Gasteiger charge is 2.30. The molecule has 0 aliphatic heterocycles. The van der Waals surface area contributed by atoms with Gasteiger partial charge in [-0.05, 0) is 53.6 Å². The summed E-state index contributed by atoms with van der Waals surface area (Å²) in [4.78, 5) is 53.8. The van der Waals surface area contributed by atoms with Gasteiger partial charge in [0, 0.05) is 6.42 Å². The molecule has 0 radical (unpaired) electrons. The molecule has 0 spiro atoms. The van der Waals surface area contributed by atoms with Crippen molar-refractivity contribution in [2.24, 2.45) is 5.92 Å². The second-order valence-corrected chi connectivity index (χ2v) is 8.85. The van der Waals surface area contributed by atoms with Crippen molar-refractivity contribution in [2.45, 2.75) is 71.6 Å². The number of hydrogen-bond acceptors (Lipinski definition) is 7. The molecule has 0 saturated heterocycles. The van der Waals surface area contributed by atoms with Crippen molar-refractivity contribution in [2.75, 3.05) is 20.6 Å². The Kier molecular flexibility index (Phi) is 11.8. The molecule has 0 aromatic carbocycles. The number of carbonyl (C=O) groups is 4. The van der Waals surface area contributed by atoms with Gasteiger partial charge in [-0.3, -0.25) is 14.4 Å². The van der Waals surface area contributed by atoms with E-state index in [1.54, 1.807) is 39.8 Å². The summed E-state index contributed by atoms with van der Waals surface area (Å²) < 4.78 is 5.36. The van der Waals surface area contributed by atoms with Gasteiger partial charge in [-0.25, -0.2) is 4.79 Å². The predicted molar refractivity (Wildman–Crippen MR) is 111 cm³/mol. The largest absolute Gasteiger partial charge is 0.458 e. The van der Waals surface area contributed by atoms with Gasteiger partial charge < -0.3 is 20.3 Å². The summed E-state index contributed by atoms with van der Waals surface area (Å²) in [6.07, 6.45) is 1.13. The van der Waals surface area contributed by atoms with Crippen LogP contribution in [0.1, 0.15) is 53.9 Å². The number of rotatable bonds is 12. The number of ketones is 1. The summed E-state index contributed by atoms with van der Waals surface area (Å²) in [5, 5.41) is 5.32. The molecule has 170 valence electrons. The van der Waals surface area contributed by atoms with E-state index >= 15 is 0 Å². The van der Waals surface area contributed by atoms with Gasteiger partial charge in [0.05, 0.1) is 16.9 Å². The quantitative estimate of drug-likeness (QED) is 0.180. The molecule has 3 N–H and O–H groups in total. The highest BCUT2D eigenvalue weighted by Crippen LogP contribution is 2.12. The average Bonchev–Trinajstić information content (AvgIpc) is 2.55. The minimum absolute atomic E-state index is 0.00838. The van der Waals surface area contributed by atoms with Gasteiger partial charge in [0.1, 0.15) is 17.7 Å². The molecule has 0 bridgehead atoms. The normalized spacial score (nSPS) is 13.2. The molecular formula is C20H36N5O5+. The lowest BCUT2D eigenvalue weighted by molar-refractivity contribution is -0.159. The van der Waals surface area contributed by atoms with Crippen LogP contribution in [-0.4, -0.2) is 77.8 Å². The summed E-state index contributed by atoms with van der Waals surface area (Å²) in [5.74, 6) is -1.82. The summed E-state index contributed by atoms with van der Waals surface area (Å²) in [6.45, 7) is 9.06. The van der Waals surface area contributed by atoms with Gasteiger partial charge in [0.2, 0.25) is 17.6 Å². The summed E-state index contributed by atoms with van der Waals surface area (Å²) in [5.41, 5.74) is 5.94. The molecule has 2 amide bonds. The maximum atomic E-state index is 12.9. The van der Waals surface area contributed by atoms with Crippen molar-refractivity contribution in [3.63, 3.8) is 0 Å². The SMILES string of the molecule is CC(C)C[C@H](NC(=O)CN(C)C)C(=O)N[C@@H](CCC(=O)C=[N+]=N)C(=O)OC(C)(C)C. The Morgan fingerprint density at radius 2 is 1.70 bits per heavy atom. The number of hydrogen-bond donors (Lipinski definition) is 3. The maximum absolute atomic E-state index is 12.9. The van der Waals surface area contributed by atoms with Gasteiger partial charge in [-0.15, -0.1) is 0 Å². The first kappa shape index (κ1) is 27.4.